The molecule has 2 aliphatic rings. The molecule has 1 aromatic heterocycles. The second kappa shape index (κ2) is 10.3. The van der Waals surface area contributed by atoms with Crippen molar-refractivity contribution in [2.75, 3.05) is 24.7 Å². The predicted molar refractivity (Wildman–Crippen MR) is 139 cm³/mol. The molecule has 1 saturated heterocycles. The Hall–Kier alpha value is -1.95. The maximum absolute atomic E-state index is 9.87. The van der Waals surface area contributed by atoms with Crippen molar-refractivity contribution in [2.45, 2.75) is 95.2 Å². The van der Waals surface area contributed by atoms with Gasteiger partial charge >= 0.3 is 0 Å². The number of aliphatic hydroxyl groups excluding tert-OH is 2. The summed E-state index contributed by atoms with van der Waals surface area (Å²) in [7, 11) is 0. The topological polar surface area (TPSA) is 68.6 Å². The Labute approximate surface area is 205 Å². The van der Waals surface area contributed by atoms with Crippen LogP contribution in [0.5, 0.6) is 0 Å². The summed E-state index contributed by atoms with van der Waals surface area (Å²) in [5.74, 6) is 1.03. The lowest BCUT2D eigenvalue weighted by molar-refractivity contribution is 0.197. The number of benzene rings is 1. The van der Waals surface area contributed by atoms with Gasteiger partial charge in [-0.05, 0) is 78.2 Å². The summed E-state index contributed by atoms with van der Waals surface area (Å²) in [6.07, 6.45) is 7.79. The monoisotopic (exact) mass is 465 g/mol. The smallest absolute Gasteiger partial charge is 0.128 e. The molecule has 0 spiro atoms. The van der Waals surface area contributed by atoms with Crippen LogP contribution in [0, 0.1) is 0 Å². The van der Waals surface area contributed by atoms with Gasteiger partial charge in [-0.25, -0.2) is 4.98 Å². The van der Waals surface area contributed by atoms with Crippen LogP contribution in [0.3, 0.4) is 0 Å². The molecular weight excluding hydrogens is 422 g/mol. The van der Waals surface area contributed by atoms with Crippen LogP contribution in [0.4, 0.5) is 5.82 Å². The summed E-state index contributed by atoms with van der Waals surface area (Å²) in [5.41, 5.74) is 4.73. The van der Waals surface area contributed by atoms with Crippen molar-refractivity contribution < 1.29 is 10.2 Å². The summed E-state index contributed by atoms with van der Waals surface area (Å²) in [6, 6.07) is 14.0. The molecular formula is C29H43N3O2. The number of anilines is 1. The lowest BCUT2D eigenvalue weighted by atomic mass is 9.62. The first-order valence-electron chi connectivity index (χ1n) is 13.1. The van der Waals surface area contributed by atoms with Crippen molar-refractivity contribution in [3.8, 4) is 0 Å². The molecule has 4 rings (SSSR count). The molecule has 2 heterocycles. The maximum Gasteiger partial charge on any atom is 0.128 e. The van der Waals surface area contributed by atoms with E-state index in [1.165, 1.54) is 29.5 Å². The van der Waals surface area contributed by atoms with E-state index in [0.717, 1.165) is 31.6 Å². The van der Waals surface area contributed by atoms with Crippen LogP contribution in [0.2, 0.25) is 0 Å². The van der Waals surface area contributed by atoms with E-state index < -0.39 is 0 Å². The second-order valence-electron chi connectivity index (χ2n) is 11.6. The molecule has 5 nitrogen and oxygen atoms in total. The highest BCUT2D eigenvalue weighted by Gasteiger charge is 2.38. The summed E-state index contributed by atoms with van der Waals surface area (Å²) in [4.78, 5) is 7.16. The Bertz CT molecular complexity index is 944. The molecule has 34 heavy (non-hydrogen) atoms. The number of hydrogen-bond acceptors (Lipinski definition) is 5. The van der Waals surface area contributed by atoms with Gasteiger partial charge in [0.05, 0.1) is 12.6 Å². The molecule has 0 saturated carbocycles. The summed E-state index contributed by atoms with van der Waals surface area (Å²) >= 11 is 0. The minimum absolute atomic E-state index is 0.0301. The van der Waals surface area contributed by atoms with Gasteiger partial charge in [-0.2, -0.15) is 0 Å². The first-order chi connectivity index (χ1) is 16.2. The zero-order valence-electron chi connectivity index (χ0n) is 21.4. The Morgan fingerprint density at radius 1 is 1.06 bits per heavy atom. The highest BCUT2D eigenvalue weighted by Crippen LogP contribution is 2.47. The van der Waals surface area contributed by atoms with Crippen molar-refractivity contribution in [1.29, 1.82) is 0 Å². The Kier molecular flexibility index (Phi) is 7.66. The summed E-state index contributed by atoms with van der Waals surface area (Å²) in [5, 5.41) is 22.8. The van der Waals surface area contributed by atoms with Crippen molar-refractivity contribution >= 4 is 5.82 Å². The van der Waals surface area contributed by atoms with Gasteiger partial charge in [-0.1, -0.05) is 52.0 Å². The van der Waals surface area contributed by atoms with Crippen LogP contribution < -0.4 is 10.2 Å². The van der Waals surface area contributed by atoms with E-state index in [4.69, 9.17) is 4.98 Å². The molecule has 2 aromatic rings. The van der Waals surface area contributed by atoms with E-state index in [1.807, 2.05) is 12.3 Å². The molecule has 0 bridgehead atoms. The molecule has 3 atom stereocenters. The number of aliphatic hydroxyl groups is 2. The number of hydrogen-bond donors (Lipinski definition) is 3. The fourth-order valence-electron chi connectivity index (χ4n) is 5.94. The predicted octanol–water partition coefficient (Wildman–Crippen LogP) is 4.86. The van der Waals surface area contributed by atoms with Crippen molar-refractivity contribution in [2.24, 2.45) is 0 Å². The number of nitrogens with one attached hydrogen (secondary N) is 1. The average Bonchev–Trinajstić information content (AvgIpc) is 2.85. The highest BCUT2D eigenvalue weighted by atomic mass is 16.3. The first kappa shape index (κ1) is 25.2. The number of aromatic nitrogens is 1. The van der Waals surface area contributed by atoms with Crippen molar-refractivity contribution in [3.63, 3.8) is 0 Å². The van der Waals surface area contributed by atoms with Gasteiger partial charge in [-0.15, -0.1) is 0 Å². The lowest BCUT2D eigenvalue weighted by Gasteiger charge is -2.44. The second-order valence-corrected chi connectivity index (χ2v) is 11.6. The molecule has 0 radical (unpaired) electrons. The number of nitrogens with zero attached hydrogens (tertiary/aromatic N) is 2. The standard InChI is InChI=1S/C29H43N3O2/c1-28(2)13-14-29(3,4)25-18-21(10-11-24(25)28)26-19-22(31-23(20-34)8-7-17-33)12-16-32(26)27-9-5-6-15-30-27/h5-6,9-11,15,18,22-23,26,31,33-34H,7-8,12-14,16-17,19-20H2,1-4H3. The van der Waals surface area contributed by atoms with E-state index in [9.17, 15) is 10.2 Å². The van der Waals surface area contributed by atoms with Gasteiger partial charge in [0.25, 0.3) is 0 Å². The van der Waals surface area contributed by atoms with Gasteiger partial charge in [0.1, 0.15) is 5.82 Å². The molecule has 1 aliphatic heterocycles. The Morgan fingerprint density at radius 3 is 2.50 bits per heavy atom. The Morgan fingerprint density at radius 2 is 1.82 bits per heavy atom. The number of rotatable bonds is 8. The number of piperidine rings is 1. The maximum atomic E-state index is 9.87. The van der Waals surface area contributed by atoms with Gasteiger partial charge in [-0.3, -0.25) is 0 Å². The SMILES string of the molecule is CC1(C)CCC(C)(C)c2cc(C3CC(NC(CO)CCCO)CCN3c3ccccn3)ccc21. The van der Waals surface area contributed by atoms with Gasteiger partial charge in [0.15, 0.2) is 0 Å². The molecule has 1 aliphatic carbocycles. The quantitative estimate of drug-likeness (QED) is 0.519. The van der Waals surface area contributed by atoms with Crippen molar-refractivity contribution in [1.82, 2.24) is 10.3 Å². The summed E-state index contributed by atoms with van der Waals surface area (Å²) in [6.45, 7) is 10.7. The third-order valence-corrected chi connectivity index (χ3v) is 8.21. The summed E-state index contributed by atoms with van der Waals surface area (Å²) < 4.78 is 0. The van der Waals surface area contributed by atoms with Crippen LogP contribution >= 0.6 is 0 Å². The van der Waals surface area contributed by atoms with E-state index in [1.54, 1.807) is 0 Å². The normalized spacial score (nSPS) is 24.5. The molecule has 186 valence electrons. The molecule has 3 N–H and O–H groups in total. The van der Waals surface area contributed by atoms with E-state index in [2.05, 4.69) is 68.2 Å². The number of pyridine rings is 1. The van der Waals surface area contributed by atoms with E-state index >= 15 is 0 Å². The van der Waals surface area contributed by atoms with E-state index in [0.29, 0.717) is 12.5 Å². The zero-order chi connectivity index (χ0) is 24.3. The van der Waals surface area contributed by atoms with Gasteiger partial charge in [0.2, 0.25) is 0 Å². The third-order valence-electron chi connectivity index (χ3n) is 8.21. The fourth-order valence-corrected chi connectivity index (χ4v) is 5.94. The van der Waals surface area contributed by atoms with Crippen LogP contribution in [-0.4, -0.2) is 47.0 Å². The zero-order valence-corrected chi connectivity index (χ0v) is 21.4. The number of fused-ring (bicyclic) bond motifs is 1. The molecule has 5 heteroatoms. The molecule has 3 unspecified atom stereocenters. The lowest BCUT2D eigenvalue weighted by Crippen LogP contribution is -2.49. The van der Waals surface area contributed by atoms with E-state index in [-0.39, 0.29) is 36.1 Å². The first-order valence-corrected chi connectivity index (χ1v) is 13.1. The molecule has 0 amide bonds. The minimum Gasteiger partial charge on any atom is -0.396 e. The van der Waals surface area contributed by atoms with Crippen molar-refractivity contribution in [3.05, 3.63) is 59.3 Å². The molecule has 1 fully saturated rings. The van der Waals surface area contributed by atoms with Crippen LogP contribution in [0.1, 0.15) is 89.0 Å². The average molecular weight is 466 g/mol. The third kappa shape index (κ3) is 5.32. The van der Waals surface area contributed by atoms with Gasteiger partial charge in [0, 0.05) is 31.4 Å². The van der Waals surface area contributed by atoms with Crippen LogP contribution in [-0.2, 0) is 10.8 Å². The van der Waals surface area contributed by atoms with Gasteiger partial charge < -0.3 is 20.4 Å². The minimum atomic E-state index is 0.0301. The fraction of sp³-hybridized carbons (Fsp3) is 0.621. The highest BCUT2D eigenvalue weighted by molar-refractivity contribution is 5.48. The molecule has 1 aromatic carbocycles. The Balaban J connectivity index is 1.66. The van der Waals surface area contributed by atoms with Crippen LogP contribution in [0.15, 0.2) is 42.6 Å². The van der Waals surface area contributed by atoms with Crippen LogP contribution in [0.25, 0.3) is 0 Å². The largest absolute Gasteiger partial charge is 0.396 e.